The fourth-order valence-electron chi connectivity index (χ4n) is 5.60. The third-order valence-corrected chi connectivity index (χ3v) is 8.77. The third-order valence-electron chi connectivity index (χ3n) is 7.63. The predicted molar refractivity (Wildman–Crippen MR) is 166 cm³/mol. The minimum Gasteiger partial charge on any atom is -0.497 e. The lowest BCUT2D eigenvalue weighted by atomic mass is 10.0. The predicted octanol–water partition coefficient (Wildman–Crippen LogP) is 4.78. The van der Waals surface area contributed by atoms with Gasteiger partial charge in [-0.2, -0.15) is 0 Å². The molecule has 0 unspecified atom stereocenters. The maximum Gasteiger partial charge on any atom is 0.244 e. The number of nitrogens with zero attached hydrogens (tertiary/aromatic N) is 2. The first-order valence-electron chi connectivity index (χ1n) is 14.4. The van der Waals surface area contributed by atoms with E-state index >= 15 is 0 Å². The summed E-state index contributed by atoms with van der Waals surface area (Å²) in [5.74, 6) is -0.0767. The minimum atomic E-state index is -3.82. The average molecular weight is 592 g/mol. The lowest BCUT2D eigenvalue weighted by Crippen LogP contribution is -2.54. The van der Waals surface area contributed by atoms with Crippen molar-refractivity contribution in [3.63, 3.8) is 0 Å². The Morgan fingerprint density at radius 3 is 2.19 bits per heavy atom. The van der Waals surface area contributed by atoms with Gasteiger partial charge in [0.15, 0.2) is 0 Å². The number of ether oxygens (including phenoxy) is 1. The summed E-state index contributed by atoms with van der Waals surface area (Å²) in [6.07, 6.45) is 5.31. The molecule has 0 heterocycles. The van der Waals surface area contributed by atoms with Gasteiger partial charge < -0.3 is 15.0 Å². The van der Waals surface area contributed by atoms with Crippen molar-refractivity contribution in [1.82, 2.24) is 10.2 Å². The van der Waals surface area contributed by atoms with Gasteiger partial charge in [0.25, 0.3) is 0 Å². The van der Waals surface area contributed by atoms with Crippen LogP contribution in [0.15, 0.2) is 72.8 Å². The number of amides is 2. The molecule has 2 amide bonds. The standard InChI is InChI=1S/C33H41N3O5S/c1-24-17-25(2)19-29(18-24)36(42(4,39)40)23-32(37)35(22-27-13-10-16-30(20-27)41-3)31(21-26-11-6-5-7-12-26)33(38)34-28-14-8-9-15-28/h5-7,10-13,16-20,28,31H,8-9,14-15,21-23H2,1-4H3,(H,34,38)/t31-/m0/s1. The van der Waals surface area contributed by atoms with E-state index in [4.69, 9.17) is 4.74 Å². The van der Waals surface area contributed by atoms with Crippen molar-refractivity contribution in [2.75, 3.05) is 24.2 Å². The van der Waals surface area contributed by atoms with Crippen LogP contribution in [0.5, 0.6) is 5.75 Å². The second kappa shape index (κ2) is 13.9. The monoisotopic (exact) mass is 591 g/mol. The van der Waals surface area contributed by atoms with Crippen molar-refractivity contribution in [2.45, 2.75) is 64.6 Å². The molecule has 0 saturated heterocycles. The van der Waals surface area contributed by atoms with Crippen molar-refractivity contribution in [2.24, 2.45) is 0 Å². The smallest absolute Gasteiger partial charge is 0.244 e. The summed E-state index contributed by atoms with van der Waals surface area (Å²) in [6, 6.07) is 21.6. The molecule has 0 bridgehead atoms. The van der Waals surface area contributed by atoms with E-state index in [1.165, 1.54) is 4.90 Å². The molecule has 4 rings (SSSR count). The van der Waals surface area contributed by atoms with E-state index in [1.54, 1.807) is 19.2 Å². The molecular formula is C33H41N3O5S. The van der Waals surface area contributed by atoms with Crippen molar-refractivity contribution in [3.8, 4) is 5.75 Å². The zero-order valence-electron chi connectivity index (χ0n) is 24.9. The molecular weight excluding hydrogens is 550 g/mol. The van der Waals surface area contributed by atoms with E-state index in [9.17, 15) is 18.0 Å². The fourth-order valence-corrected chi connectivity index (χ4v) is 6.43. The Labute approximate surface area is 249 Å². The molecule has 0 aliphatic heterocycles. The highest BCUT2D eigenvalue weighted by atomic mass is 32.2. The largest absolute Gasteiger partial charge is 0.497 e. The Hall–Kier alpha value is -3.85. The number of methoxy groups -OCH3 is 1. The first-order chi connectivity index (χ1) is 20.0. The molecule has 0 aromatic heterocycles. The van der Waals surface area contributed by atoms with Gasteiger partial charge in [0.1, 0.15) is 18.3 Å². The van der Waals surface area contributed by atoms with Crippen LogP contribution < -0.4 is 14.4 Å². The van der Waals surface area contributed by atoms with Crippen LogP contribution in [0.3, 0.4) is 0 Å². The van der Waals surface area contributed by atoms with E-state index in [-0.39, 0.29) is 24.9 Å². The van der Waals surface area contributed by atoms with Crippen LogP contribution in [0.1, 0.15) is 47.9 Å². The van der Waals surface area contributed by atoms with Gasteiger partial charge in [0, 0.05) is 19.0 Å². The van der Waals surface area contributed by atoms with Crippen LogP contribution in [-0.2, 0) is 32.6 Å². The maximum absolute atomic E-state index is 14.3. The Bertz CT molecular complexity index is 1470. The summed E-state index contributed by atoms with van der Waals surface area (Å²) < 4.78 is 32.6. The summed E-state index contributed by atoms with van der Waals surface area (Å²) in [4.78, 5) is 29.7. The second-order valence-corrected chi connectivity index (χ2v) is 13.1. The van der Waals surface area contributed by atoms with Gasteiger partial charge in [-0.3, -0.25) is 13.9 Å². The lowest BCUT2D eigenvalue weighted by molar-refractivity contribution is -0.140. The normalized spacial score (nSPS) is 14.3. The van der Waals surface area contributed by atoms with E-state index in [0.717, 1.165) is 58.5 Å². The Morgan fingerprint density at radius 2 is 1.57 bits per heavy atom. The summed E-state index contributed by atoms with van der Waals surface area (Å²) in [5.41, 5.74) is 3.86. The molecule has 1 N–H and O–H groups in total. The van der Waals surface area contributed by atoms with Crippen LogP contribution in [0, 0.1) is 13.8 Å². The van der Waals surface area contributed by atoms with Gasteiger partial charge in [0.2, 0.25) is 21.8 Å². The molecule has 3 aromatic carbocycles. The van der Waals surface area contributed by atoms with Crippen LogP contribution >= 0.6 is 0 Å². The number of hydrogen-bond acceptors (Lipinski definition) is 5. The Kier molecular flexibility index (Phi) is 10.3. The second-order valence-electron chi connectivity index (χ2n) is 11.2. The van der Waals surface area contributed by atoms with E-state index in [1.807, 2.05) is 74.5 Å². The number of hydrogen-bond donors (Lipinski definition) is 1. The zero-order chi connectivity index (χ0) is 30.3. The number of carbonyl (C=O) groups excluding carboxylic acids is 2. The first-order valence-corrected chi connectivity index (χ1v) is 16.2. The van der Waals surface area contributed by atoms with Crippen molar-refractivity contribution < 1.29 is 22.7 Å². The third kappa shape index (κ3) is 8.35. The molecule has 1 aliphatic carbocycles. The molecule has 1 saturated carbocycles. The minimum absolute atomic E-state index is 0.0623. The summed E-state index contributed by atoms with van der Waals surface area (Å²) in [7, 11) is -2.25. The number of sulfonamides is 1. The van der Waals surface area contributed by atoms with Crippen LogP contribution in [-0.4, -0.2) is 57.1 Å². The van der Waals surface area contributed by atoms with Crippen molar-refractivity contribution >= 4 is 27.5 Å². The highest BCUT2D eigenvalue weighted by molar-refractivity contribution is 7.92. The molecule has 9 heteroatoms. The van der Waals surface area contributed by atoms with Crippen LogP contribution in [0.2, 0.25) is 0 Å². The van der Waals surface area contributed by atoms with Gasteiger partial charge in [-0.05, 0) is 73.2 Å². The van der Waals surface area contributed by atoms with Gasteiger partial charge in [-0.25, -0.2) is 8.42 Å². The van der Waals surface area contributed by atoms with Crippen LogP contribution in [0.4, 0.5) is 5.69 Å². The number of carbonyl (C=O) groups is 2. The molecule has 0 spiro atoms. The maximum atomic E-state index is 14.3. The summed E-state index contributed by atoms with van der Waals surface area (Å²) >= 11 is 0. The topological polar surface area (TPSA) is 96.0 Å². The van der Waals surface area contributed by atoms with E-state index < -0.39 is 28.5 Å². The van der Waals surface area contributed by atoms with Crippen molar-refractivity contribution in [3.05, 3.63) is 95.1 Å². The summed E-state index contributed by atoms with van der Waals surface area (Å²) in [5, 5.41) is 3.18. The lowest BCUT2D eigenvalue weighted by Gasteiger charge is -2.34. The quantitative estimate of drug-likeness (QED) is 0.327. The highest BCUT2D eigenvalue weighted by Crippen LogP contribution is 2.24. The fraction of sp³-hybridized carbons (Fsp3) is 0.394. The summed E-state index contributed by atoms with van der Waals surface area (Å²) in [6.45, 7) is 3.44. The first kappa shape index (κ1) is 31.1. The molecule has 8 nitrogen and oxygen atoms in total. The van der Waals surface area contributed by atoms with Crippen molar-refractivity contribution in [1.29, 1.82) is 0 Å². The van der Waals surface area contributed by atoms with E-state index in [2.05, 4.69) is 5.32 Å². The molecule has 1 fully saturated rings. The highest BCUT2D eigenvalue weighted by Gasteiger charge is 2.34. The van der Waals surface area contributed by atoms with Gasteiger partial charge in [0.05, 0.1) is 19.1 Å². The SMILES string of the molecule is COc1cccc(CN(C(=O)CN(c2cc(C)cc(C)c2)S(C)(=O)=O)[C@@H](Cc2ccccc2)C(=O)NC2CCCC2)c1. The molecule has 1 aliphatic rings. The Morgan fingerprint density at radius 1 is 0.929 bits per heavy atom. The molecule has 224 valence electrons. The Balaban J connectivity index is 1.75. The number of rotatable bonds is 12. The number of benzene rings is 3. The number of anilines is 1. The molecule has 0 radical (unpaired) electrons. The van der Waals surface area contributed by atoms with Gasteiger partial charge in [-0.15, -0.1) is 0 Å². The van der Waals surface area contributed by atoms with E-state index in [0.29, 0.717) is 11.4 Å². The molecule has 1 atom stereocenters. The molecule has 42 heavy (non-hydrogen) atoms. The number of aryl methyl sites for hydroxylation is 2. The van der Waals surface area contributed by atoms with Gasteiger partial charge >= 0.3 is 0 Å². The number of nitrogens with one attached hydrogen (secondary N) is 1. The van der Waals surface area contributed by atoms with Crippen LogP contribution in [0.25, 0.3) is 0 Å². The zero-order valence-corrected chi connectivity index (χ0v) is 25.7. The average Bonchev–Trinajstić information content (AvgIpc) is 3.46. The molecule has 3 aromatic rings. The van der Waals surface area contributed by atoms with Gasteiger partial charge in [-0.1, -0.05) is 61.4 Å².